The number of rotatable bonds is 7. The lowest BCUT2D eigenvalue weighted by atomic mass is 9.68. The Morgan fingerprint density at radius 3 is 2.46 bits per heavy atom. The fraction of sp³-hybridized carbons (Fsp3) is 0.889. The maximum atomic E-state index is 13.2. The summed E-state index contributed by atoms with van der Waals surface area (Å²) in [7, 11) is 1.73. The SMILES string of the molecule is CO[C@@H]1[C@H](OC(=O)N2CCC(CN3CCOCC3)CC2)CC[C@]2(CO2)[C@H]1[C@@]1(C)O[C@@H]1CC=C(C)C. The van der Waals surface area contributed by atoms with Crippen LogP contribution in [0.15, 0.2) is 11.6 Å². The smallest absolute Gasteiger partial charge is 0.410 e. The van der Waals surface area contributed by atoms with Gasteiger partial charge >= 0.3 is 6.09 Å². The van der Waals surface area contributed by atoms with E-state index in [0.717, 1.165) is 84.6 Å². The zero-order valence-electron chi connectivity index (χ0n) is 22.0. The van der Waals surface area contributed by atoms with Crippen LogP contribution in [-0.4, -0.2) is 105 Å². The van der Waals surface area contributed by atoms with E-state index in [0.29, 0.717) is 5.92 Å². The van der Waals surface area contributed by atoms with E-state index in [1.54, 1.807) is 7.11 Å². The van der Waals surface area contributed by atoms with Crippen molar-refractivity contribution < 1.29 is 28.5 Å². The second-order valence-corrected chi connectivity index (χ2v) is 11.6. The van der Waals surface area contributed by atoms with Gasteiger partial charge in [0.1, 0.15) is 23.4 Å². The first-order valence-corrected chi connectivity index (χ1v) is 13.6. The Hall–Kier alpha value is -1.19. The van der Waals surface area contributed by atoms with Crippen molar-refractivity contribution in [3.8, 4) is 0 Å². The fourth-order valence-corrected chi connectivity index (χ4v) is 6.72. The predicted octanol–water partition coefficient (Wildman–Crippen LogP) is 3.24. The number of allylic oxidation sites excluding steroid dienone is 1. The molecule has 35 heavy (non-hydrogen) atoms. The summed E-state index contributed by atoms with van der Waals surface area (Å²) in [5.74, 6) is 0.695. The zero-order valence-corrected chi connectivity index (χ0v) is 22.0. The molecular weight excluding hydrogens is 448 g/mol. The number of nitrogens with zero attached hydrogens (tertiary/aromatic N) is 2. The topological polar surface area (TPSA) is 76.3 Å². The van der Waals surface area contributed by atoms with Crippen LogP contribution in [0.4, 0.5) is 4.79 Å². The summed E-state index contributed by atoms with van der Waals surface area (Å²) in [6.07, 6.45) is 6.29. The molecule has 0 radical (unpaired) electrons. The van der Waals surface area contributed by atoms with Gasteiger partial charge in [-0.2, -0.15) is 0 Å². The molecule has 4 aliphatic heterocycles. The second-order valence-electron chi connectivity index (χ2n) is 11.6. The summed E-state index contributed by atoms with van der Waals surface area (Å²) in [4.78, 5) is 17.6. The Labute approximate surface area is 210 Å². The highest BCUT2D eigenvalue weighted by Crippen LogP contribution is 2.59. The summed E-state index contributed by atoms with van der Waals surface area (Å²) in [5.41, 5.74) is 0.787. The number of carbonyl (C=O) groups excluding carboxylic acids is 1. The van der Waals surface area contributed by atoms with Crippen LogP contribution in [-0.2, 0) is 23.7 Å². The number of epoxide rings is 2. The summed E-state index contributed by atoms with van der Waals surface area (Å²) in [6, 6.07) is 0. The average molecular weight is 493 g/mol. The largest absolute Gasteiger partial charge is 0.443 e. The van der Waals surface area contributed by atoms with E-state index in [2.05, 4.69) is 31.7 Å². The quantitative estimate of drug-likeness (QED) is 0.399. The fourth-order valence-electron chi connectivity index (χ4n) is 6.72. The van der Waals surface area contributed by atoms with E-state index >= 15 is 0 Å². The molecule has 0 aromatic carbocycles. The molecule has 8 heteroatoms. The molecule has 5 rings (SSSR count). The molecular formula is C27H44N2O6. The second kappa shape index (κ2) is 10.3. The van der Waals surface area contributed by atoms with Gasteiger partial charge in [0.25, 0.3) is 0 Å². The maximum Gasteiger partial charge on any atom is 0.410 e. The van der Waals surface area contributed by atoms with Crippen molar-refractivity contribution in [3.63, 3.8) is 0 Å². The third-order valence-electron chi connectivity index (χ3n) is 8.98. The van der Waals surface area contributed by atoms with Gasteiger partial charge in [-0.05, 0) is 58.8 Å². The molecule has 0 N–H and O–H groups in total. The molecule has 6 atom stereocenters. The lowest BCUT2D eigenvalue weighted by molar-refractivity contribution is -0.122. The zero-order chi connectivity index (χ0) is 24.6. The minimum Gasteiger partial charge on any atom is -0.443 e. The van der Waals surface area contributed by atoms with E-state index in [4.69, 9.17) is 23.7 Å². The van der Waals surface area contributed by atoms with Gasteiger partial charge in [-0.3, -0.25) is 4.90 Å². The summed E-state index contributed by atoms with van der Waals surface area (Å²) in [5, 5.41) is 0. The van der Waals surface area contributed by atoms with Crippen LogP contribution < -0.4 is 0 Å². The number of hydrogen-bond acceptors (Lipinski definition) is 7. The third kappa shape index (κ3) is 5.42. The highest BCUT2D eigenvalue weighted by Gasteiger charge is 2.72. The van der Waals surface area contributed by atoms with Gasteiger partial charge < -0.3 is 28.6 Å². The van der Waals surface area contributed by atoms with E-state index in [9.17, 15) is 4.79 Å². The highest BCUT2D eigenvalue weighted by molar-refractivity contribution is 5.68. The molecule has 4 saturated heterocycles. The third-order valence-corrected chi connectivity index (χ3v) is 8.98. The van der Waals surface area contributed by atoms with Crippen molar-refractivity contribution >= 4 is 6.09 Å². The number of carbonyl (C=O) groups is 1. The molecule has 1 aliphatic carbocycles. The number of amides is 1. The van der Waals surface area contributed by atoms with Gasteiger partial charge in [0.15, 0.2) is 0 Å². The van der Waals surface area contributed by atoms with Crippen LogP contribution in [0.1, 0.15) is 52.9 Å². The maximum absolute atomic E-state index is 13.2. The van der Waals surface area contributed by atoms with Gasteiger partial charge in [-0.25, -0.2) is 4.79 Å². The Kier molecular flexibility index (Phi) is 7.48. The van der Waals surface area contributed by atoms with Crippen LogP contribution in [0.5, 0.6) is 0 Å². The van der Waals surface area contributed by atoms with Crippen molar-refractivity contribution in [1.82, 2.24) is 9.80 Å². The molecule has 0 bridgehead atoms. The molecule has 8 nitrogen and oxygen atoms in total. The van der Waals surface area contributed by atoms with Crippen LogP contribution >= 0.6 is 0 Å². The van der Waals surface area contributed by atoms with E-state index < -0.39 is 0 Å². The van der Waals surface area contributed by atoms with Gasteiger partial charge in [-0.15, -0.1) is 0 Å². The summed E-state index contributed by atoms with van der Waals surface area (Å²) < 4.78 is 29.9. The minimum absolute atomic E-state index is 0.0568. The summed E-state index contributed by atoms with van der Waals surface area (Å²) >= 11 is 0. The van der Waals surface area contributed by atoms with Crippen LogP contribution in [0.2, 0.25) is 0 Å². The number of likely N-dealkylation sites (tertiary alicyclic amines) is 1. The minimum atomic E-state index is -0.313. The monoisotopic (exact) mass is 492 g/mol. The molecule has 1 amide bonds. The van der Waals surface area contributed by atoms with Gasteiger partial charge in [0.2, 0.25) is 0 Å². The highest BCUT2D eigenvalue weighted by atomic mass is 16.6. The lowest BCUT2D eigenvalue weighted by Gasteiger charge is -2.43. The molecule has 4 heterocycles. The normalized spacial score (nSPS) is 39.9. The first-order valence-electron chi connectivity index (χ1n) is 13.6. The molecule has 5 aliphatic rings. The van der Waals surface area contributed by atoms with Crippen LogP contribution in [0.25, 0.3) is 0 Å². The Morgan fingerprint density at radius 2 is 1.83 bits per heavy atom. The van der Waals surface area contributed by atoms with Crippen molar-refractivity contribution in [2.24, 2.45) is 11.8 Å². The van der Waals surface area contributed by atoms with Crippen molar-refractivity contribution in [1.29, 1.82) is 0 Å². The van der Waals surface area contributed by atoms with Gasteiger partial charge in [-0.1, -0.05) is 11.6 Å². The van der Waals surface area contributed by atoms with Crippen LogP contribution in [0, 0.1) is 11.8 Å². The molecule has 5 fully saturated rings. The molecule has 198 valence electrons. The Bertz CT molecular complexity index is 783. The van der Waals surface area contributed by atoms with Gasteiger partial charge in [0.05, 0.1) is 31.8 Å². The molecule has 1 spiro atoms. The Morgan fingerprint density at radius 1 is 1.11 bits per heavy atom. The number of piperidine rings is 1. The van der Waals surface area contributed by atoms with E-state index in [1.807, 2.05) is 4.90 Å². The first kappa shape index (κ1) is 25.5. The van der Waals surface area contributed by atoms with E-state index in [-0.39, 0.29) is 41.5 Å². The first-order chi connectivity index (χ1) is 16.8. The molecule has 0 unspecified atom stereocenters. The van der Waals surface area contributed by atoms with Crippen molar-refractivity contribution in [3.05, 3.63) is 11.6 Å². The van der Waals surface area contributed by atoms with Crippen LogP contribution in [0.3, 0.4) is 0 Å². The predicted molar refractivity (Wildman–Crippen MR) is 131 cm³/mol. The van der Waals surface area contributed by atoms with Crippen molar-refractivity contribution in [2.45, 2.75) is 82.4 Å². The lowest BCUT2D eigenvalue weighted by Crippen LogP contribution is -2.56. The summed E-state index contributed by atoms with van der Waals surface area (Å²) in [6.45, 7) is 13.5. The number of hydrogen-bond donors (Lipinski definition) is 0. The van der Waals surface area contributed by atoms with Crippen molar-refractivity contribution in [2.75, 3.05) is 59.7 Å². The number of ether oxygens (including phenoxy) is 5. The molecule has 0 aromatic heterocycles. The standard InChI is InChI=1S/C27H44N2O6/c1-19(2)5-6-22-26(3,35-22)24-23(31-4)21(7-10-27(24)18-33-27)34-25(30)29-11-8-20(9-12-29)17-28-13-15-32-16-14-28/h5,20-24H,6-18H2,1-4H3/t21-,22-,23-,24-,26+,27+/m1/s1. The number of methoxy groups -OCH3 is 1. The number of morpholine rings is 1. The average Bonchev–Trinajstić information content (AvgIpc) is 3.77. The molecule has 0 aromatic rings. The molecule has 1 saturated carbocycles. The van der Waals surface area contributed by atoms with Gasteiger partial charge in [0, 0.05) is 39.8 Å². The Balaban J connectivity index is 1.16. The van der Waals surface area contributed by atoms with E-state index in [1.165, 1.54) is 5.57 Å².